The van der Waals surface area contributed by atoms with E-state index in [1.54, 1.807) is 12.1 Å². The summed E-state index contributed by atoms with van der Waals surface area (Å²) in [6.45, 7) is 0.183. The van der Waals surface area contributed by atoms with E-state index in [1.807, 2.05) is 0 Å². The van der Waals surface area contributed by atoms with Crippen LogP contribution in [-0.2, 0) is 16.0 Å². The van der Waals surface area contributed by atoms with E-state index in [4.69, 9.17) is 4.74 Å². The molecule has 1 aromatic rings. The summed E-state index contributed by atoms with van der Waals surface area (Å²) in [7, 11) is 0. The highest BCUT2D eigenvalue weighted by Crippen LogP contribution is 2.19. The molecular weight excluding hydrogens is 243 g/mol. The van der Waals surface area contributed by atoms with Crippen LogP contribution in [0.4, 0.5) is 4.39 Å². The van der Waals surface area contributed by atoms with Gasteiger partial charge in [-0.3, -0.25) is 4.79 Å². The summed E-state index contributed by atoms with van der Waals surface area (Å²) in [4.78, 5) is 11.8. The number of rotatable bonds is 5. The second-order valence-corrected chi connectivity index (χ2v) is 5.27. The third-order valence-electron chi connectivity index (χ3n) is 3.60. The maximum absolute atomic E-state index is 12.7. The maximum Gasteiger partial charge on any atom is 0.162 e. The highest BCUT2D eigenvalue weighted by Gasteiger charge is 2.14. The number of benzene rings is 1. The van der Waals surface area contributed by atoms with Gasteiger partial charge in [-0.1, -0.05) is 37.8 Å². The molecule has 1 saturated carbocycles. The Morgan fingerprint density at radius 3 is 2.37 bits per heavy atom. The molecule has 1 aliphatic rings. The van der Waals surface area contributed by atoms with Crippen molar-refractivity contribution in [1.82, 2.24) is 0 Å². The molecule has 1 aromatic carbocycles. The lowest BCUT2D eigenvalue weighted by Gasteiger charge is -2.14. The van der Waals surface area contributed by atoms with E-state index in [0.717, 1.165) is 18.4 Å². The van der Waals surface area contributed by atoms with Gasteiger partial charge in [-0.2, -0.15) is 0 Å². The smallest absolute Gasteiger partial charge is 0.162 e. The molecule has 104 valence electrons. The van der Waals surface area contributed by atoms with Crippen LogP contribution in [0.2, 0.25) is 0 Å². The zero-order chi connectivity index (χ0) is 13.5. The van der Waals surface area contributed by atoms with Gasteiger partial charge < -0.3 is 4.74 Å². The van der Waals surface area contributed by atoms with E-state index in [1.165, 1.54) is 37.8 Å². The molecule has 0 bridgehead atoms. The first kappa shape index (κ1) is 14.2. The summed E-state index contributed by atoms with van der Waals surface area (Å²) in [5.74, 6) is -0.207. The minimum absolute atomic E-state index is 0.0656. The summed E-state index contributed by atoms with van der Waals surface area (Å²) in [6.07, 6.45) is 7.70. The van der Waals surface area contributed by atoms with Crippen molar-refractivity contribution in [1.29, 1.82) is 0 Å². The normalized spacial score (nSPS) is 17.1. The van der Waals surface area contributed by atoms with Crippen LogP contribution in [0.3, 0.4) is 0 Å². The lowest BCUT2D eigenvalue weighted by Crippen LogP contribution is -2.19. The second-order valence-electron chi connectivity index (χ2n) is 5.27. The quantitative estimate of drug-likeness (QED) is 0.758. The van der Waals surface area contributed by atoms with E-state index in [0.29, 0.717) is 6.42 Å². The molecule has 0 saturated heterocycles. The van der Waals surface area contributed by atoms with Gasteiger partial charge in [-0.15, -0.1) is 0 Å². The molecule has 0 aliphatic heterocycles. The molecule has 0 N–H and O–H groups in total. The summed E-state index contributed by atoms with van der Waals surface area (Å²) in [5.41, 5.74) is 0.843. The second kappa shape index (κ2) is 7.39. The SMILES string of the molecule is O=C(COC1CCCCCC1)Cc1ccc(F)cc1. The van der Waals surface area contributed by atoms with Crippen molar-refractivity contribution in [2.75, 3.05) is 6.61 Å². The number of carbonyl (C=O) groups excluding carboxylic acids is 1. The van der Waals surface area contributed by atoms with Crippen molar-refractivity contribution < 1.29 is 13.9 Å². The Kier molecular flexibility index (Phi) is 5.52. The number of hydrogen-bond acceptors (Lipinski definition) is 2. The zero-order valence-corrected chi connectivity index (χ0v) is 11.2. The van der Waals surface area contributed by atoms with E-state index >= 15 is 0 Å². The standard InChI is InChI=1S/C16H21FO2/c17-14-9-7-13(8-10-14)11-15(18)12-19-16-5-3-1-2-4-6-16/h7-10,16H,1-6,11-12H2. The van der Waals surface area contributed by atoms with Crippen LogP contribution in [0.15, 0.2) is 24.3 Å². The van der Waals surface area contributed by atoms with Gasteiger partial charge in [-0.05, 0) is 30.5 Å². The molecule has 0 radical (unpaired) electrons. The first-order valence-electron chi connectivity index (χ1n) is 7.12. The molecule has 0 spiro atoms. The van der Waals surface area contributed by atoms with Crippen LogP contribution in [0.25, 0.3) is 0 Å². The third-order valence-corrected chi connectivity index (χ3v) is 3.60. The van der Waals surface area contributed by atoms with Crippen molar-refractivity contribution in [2.45, 2.75) is 51.0 Å². The van der Waals surface area contributed by atoms with E-state index < -0.39 is 0 Å². The third kappa shape index (κ3) is 5.11. The summed E-state index contributed by atoms with van der Waals surface area (Å²) in [5, 5.41) is 0. The Morgan fingerprint density at radius 1 is 1.11 bits per heavy atom. The van der Waals surface area contributed by atoms with Crippen molar-refractivity contribution in [3.63, 3.8) is 0 Å². The average Bonchev–Trinajstić information content (AvgIpc) is 2.68. The van der Waals surface area contributed by atoms with E-state index in [9.17, 15) is 9.18 Å². The number of hydrogen-bond donors (Lipinski definition) is 0. The predicted molar refractivity (Wildman–Crippen MR) is 72.6 cm³/mol. The van der Waals surface area contributed by atoms with E-state index in [-0.39, 0.29) is 24.3 Å². The fourth-order valence-corrected chi connectivity index (χ4v) is 2.50. The predicted octanol–water partition coefficient (Wildman–Crippen LogP) is 3.68. The topological polar surface area (TPSA) is 26.3 Å². The lowest BCUT2D eigenvalue weighted by atomic mass is 10.1. The molecule has 0 unspecified atom stereocenters. The number of Topliss-reactive ketones (excluding diaryl/α,β-unsaturated/α-hetero) is 1. The Balaban J connectivity index is 1.73. The van der Waals surface area contributed by atoms with Gasteiger partial charge in [0.2, 0.25) is 0 Å². The van der Waals surface area contributed by atoms with Crippen molar-refractivity contribution >= 4 is 5.78 Å². The molecule has 1 aliphatic carbocycles. The van der Waals surface area contributed by atoms with Gasteiger partial charge in [0.1, 0.15) is 12.4 Å². The summed E-state index contributed by atoms with van der Waals surface area (Å²) in [6, 6.07) is 6.07. The van der Waals surface area contributed by atoms with E-state index in [2.05, 4.69) is 0 Å². The van der Waals surface area contributed by atoms with Crippen LogP contribution in [0, 0.1) is 5.82 Å². The molecule has 19 heavy (non-hydrogen) atoms. The molecule has 0 aromatic heterocycles. The molecule has 0 atom stereocenters. The van der Waals surface area contributed by atoms with Crippen molar-refractivity contribution in [2.24, 2.45) is 0 Å². The number of ether oxygens (including phenoxy) is 1. The molecular formula is C16H21FO2. The van der Waals surface area contributed by atoms with Gasteiger partial charge in [0.05, 0.1) is 6.10 Å². The average molecular weight is 264 g/mol. The lowest BCUT2D eigenvalue weighted by molar-refractivity contribution is -0.125. The summed E-state index contributed by atoms with van der Waals surface area (Å²) < 4.78 is 18.4. The minimum atomic E-state index is -0.272. The van der Waals surface area contributed by atoms with Gasteiger partial charge in [0.15, 0.2) is 5.78 Å². The molecule has 0 heterocycles. The highest BCUT2D eigenvalue weighted by atomic mass is 19.1. The fraction of sp³-hybridized carbons (Fsp3) is 0.562. The monoisotopic (exact) mass is 264 g/mol. The zero-order valence-electron chi connectivity index (χ0n) is 11.2. The molecule has 3 heteroatoms. The van der Waals surface area contributed by atoms with Gasteiger partial charge in [0.25, 0.3) is 0 Å². The summed E-state index contributed by atoms with van der Waals surface area (Å²) >= 11 is 0. The van der Waals surface area contributed by atoms with Crippen LogP contribution in [-0.4, -0.2) is 18.5 Å². The number of halogens is 1. The minimum Gasteiger partial charge on any atom is -0.370 e. The molecule has 2 nitrogen and oxygen atoms in total. The first-order valence-corrected chi connectivity index (χ1v) is 7.12. The number of ketones is 1. The maximum atomic E-state index is 12.7. The van der Waals surface area contributed by atoms with Crippen LogP contribution in [0.5, 0.6) is 0 Å². The van der Waals surface area contributed by atoms with Crippen molar-refractivity contribution in [3.05, 3.63) is 35.6 Å². The van der Waals surface area contributed by atoms with Gasteiger partial charge in [0, 0.05) is 6.42 Å². The number of carbonyl (C=O) groups is 1. The van der Waals surface area contributed by atoms with Crippen LogP contribution in [0.1, 0.15) is 44.1 Å². The Hall–Kier alpha value is -1.22. The fourth-order valence-electron chi connectivity index (χ4n) is 2.50. The highest BCUT2D eigenvalue weighted by molar-refractivity contribution is 5.82. The molecule has 0 amide bonds. The van der Waals surface area contributed by atoms with Gasteiger partial charge >= 0.3 is 0 Å². The van der Waals surface area contributed by atoms with Crippen LogP contribution >= 0.6 is 0 Å². The largest absolute Gasteiger partial charge is 0.370 e. The molecule has 2 rings (SSSR count). The first-order chi connectivity index (χ1) is 9.24. The van der Waals surface area contributed by atoms with Gasteiger partial charge in [-0.25, -0.2) is 4.39 Å². The Labute approximate surface area is 114 Å². The van der Waals surface area contributed by atoms with Crippen LogP contribution < -0.4 is 0 Å². The molecule has 1 fully saturated rings. The Morgan fingerprint density at radius 2 is 1.74 bits per heavy atom. The Bertz CT molecular complexity index is 392. The van der Waals surface area contributed by atoms with Crippen molar-refractivity contribution in [3.8, 4) is 0 Å².